The second kappa shape index (κ2) is 9.25. The Labute approximate surface area is 156 Å². The second-order valence-electron chi connectivity index (χ2n) is 5.26. The van der Waals surface area contributed by atoms with Crippen LogP contribution >= 0.6 is 23.2 Å². The molecule has 1 N–H and O–H groups in total. The number of amides is 1. The van der Waals surface area contributed by atoms with Gasteiger partial charge in [0, 0.05) is 6.08 Å². The zero-order valence-electron chi connectivity index (χ0n) is 13.5. The molecule has 1 amide bonds. The molecule has 0 heterocycles. The van der Waals surface area contributed by atoms with Crippen LogP contribution in [-0.2, 0) is 14.3 Å². The molecule has 0 saturated heterocycles. The molecule has 0 bridgehead atoms. The smallest absolute Gasteiger partial charge is 0.307 e. The van der Waals surface area contributed by atoms with Crippen molar-refractivity contribution in [3.05, 3.63) is 75.8 Å². The summed E-state index contributed by atoms with van der Waals surface area (Å²) >= 11 is 11.8. The summed E-state index contributed by atoms with van der Waals surface area (Å²) in [7, 11) is 1.32. The molecule has 25 heavy (non-hydrogen) atoms. The first-order valence-corrected chi connectivity index (χ1v) is 8.30. The molecule has 0 aliphatic rings. The van der Waals surface area contributed by atoms with Crippen LogP contribution in [0.1, 0.15) is 23.6 Å². The number of halogens is 2. The number of carbonyl (C=O) groups excluding carboxylic acids is 2. The van der Waals surface area contributed by atoms with E-state index in [1.165, 1.54) is 13.2 Å². The Morgan fingerprint density at radius 1 is 1.12 bits per heavy atom. The van der Waals surface area contributed by atoms with Crippen molar-refractivity contribution in [1.29, 1.82) is 0 Å². The number of hydrogen-bond donors (Lipinski definition) is 1. The van der Waals surface area contributed by atoms with Crippen LogP contribution in [0.25, 0.3) is 6.08 Å². The van der Waals surface area contributed by atoms with Gasteiger partial charge in [0.1, 0.15) is 0 Å². The monoisotopic (exact) mass is 377 g/mol. The van der Waals surface area contributed by atoms with Crippen molar-refractivity contribution in [2.24, 2.45) is 0 Å². The van der Waals surface area contributed by atoms with Gasteiger partial charge < -0.3 is 10.1 Å². The maximum absolute atomic E-state index is 12.2. The molecule has 0 aliphatic carbocycles. The summed E-state index contributed by atoms with van der Waals surface area (Å²) in [4.78, 5) is 23.8. The predicted octanol–water partition coefficient (Wildman–Crippen LogP) is 4.43. The van der Waals surface area contributed by atoms with Gasteiger partial charge in [0.05, 0.1) is 29.6 Å². The van der Waals surface area contributed by atoms with Gasteiger partial charge in [-0.3, -0.25) is 9.59 Å². The van der Waals surface area contributed by atoms with E-state index in [0.717, 1.165) is 11.1 Å². The van der Waals surface area contributed by atoms with E-state index in [1.54, 1.807) is 24.3 Å². The maximum atomic E-state index is 12.2. The third-order valence-corrected chi connectivity index (χ3v) is 4.23. The summed E-state index contributed by atoms with van der Waals surface area (Å²) in [6.07, 6.45) is 3.05. The molecular weight excluding hydrogens is 361 g/mol. The Balaban J connectivity index is 2.09. The minimum Gasteiger partial charge on any atom is -0.469 e. The van der Waals surface area contributed by atoms with Crippen LogP contribution < -0.4 is 5.32 Å². The molecule has 0 aliphatic heterocycles. The van der Waals surface area contributed by atoms with Gasteiger partial charge in [0.2, 0.25) is 5.91 Å². The molecule has 1 atom stereocenters. The Hall–Kier alpha value is -2.30. The lowest BCUT2D eigenvalue weighted by Gasteiger charge is -2.17. The highest BCUT2D eigenvalue weighted by Crippen LogP contribution is 2.23. The van der Waals surface area contributed by atoms with Gasteiger partial charge >= 0.3 is 5.97 Å². The van der Waals surface area contributed by atoms with Crippen LogP contribution in [-0.4, -0.2) is 19.0 Å². The van der Waals surface area contributed by atoms with E-state index in [9.17, 15) is 9.59 Å². The number of methoxy groups -OCH3 is 1. The lowest BCUT2D eigenvalue weighted by molar-refractivity contribution is -0.141. The van der Waals surface area contributed by atoms with Crippen molar-refractivity contribution < 1.29 is 14.3 Å². The lowest BCUT2D eigenvalue weighted by Crippen LogP contribution is -2.29. The number of nitrogens with one attached hydrogen (secondary N) is 1. The van der Waals surface area contributed by atoms with Gasteiger partial charge in [-0.15, -0.1) is 0 Å². The average molecular weight is 378 g/mol. The zero-order valence-corrected chi connectivity index (χ0v) is 15.1. The molecule has 0 radical (unpaired) electrons. The van der Waals surface area contributed by atoms with E-state index >= 15 is 0 Å². The number of hydrogen-bond acceptors (Lipinski definition) is 3. The van der Waals surface area contributed by atoms with Gasteiger partial charge in [-0.2, -0.15) is 0 Å². The molecule has 2 aromatic rings. The molecule has 0 fully saturated rings. The van der Waals surface area contributed by atoms with E-state index in [2.05, 4.69) is 5.32 Å². The first kappa shape index (κ1) is 19.0. The SMILES string of the molecule is COC(=O)C[C@@H](NC(=O)/C=C/c1ccc(Cl)c(Cl)c1)c1ccccc1. The van der Waals surface area contributed by atoms with E-state index in [1.807, 2.05) is 30.3 Å². The summed E-state index contributed by atoms with van der Waals surface area (Å²) in [5, 5.41) is 3.67. The number of rotatable bonds is 6. The van der Waals surface area contributed by atoms with Crippen LogP contribution in [0.5, 0.6) is 0 Å². The van der Waals surface area contributed by atoms with E-state index in [4.69, 9.17) is 27.9 Å². The van der Waals surface area contributed by atoms with Gasteiger partial charge in [-0.1, -0.05) is 59.6 Å². The molecule has 2 aromatic carbocycles. The summed E-state index contributed by atoms with van der Waals surface area (Å²) in [5.41, 5.74) is 1.57. The highest BCUT2D eigenvalue weighted by molar-refractivity contribution is 6.42. The maximum Gasteiger partial charge on any atom is 0.307 e. The van der Waals surface area contributed by atoms with Crippen molar-refractivity contribution in [1.82, 2.24) is 5.32 Å². The van der Waals surface area contributed by atoms with Gasteiger partial charge in [-0.05, 0) is 29.3 Å². The van der Waals surface area contributed by atoms with Crippen LogP contribution in [0.15, 0.2) is 54.6 Å². The van der Waals surface area contributed by atoms with Crippen LogP contribution in [0.3, 0.4) is 0 Å². The van der Waals surface area contributed by atoms with Crippen molar-refractivity contribution >= 4 is 41.2 Å². The summed E-state index contributed by atoms with van der Waals surface area (Å²) in [6, 6.07) is 13.8. The number of esters is 1. The molecule has 130 valence electrons. The first-order valence-electron chi connectivity index (χ1n) is 7.55. The Morgan fingerprint density at radius 2 is 1.84 bits per heavy atom. The fraction of sp³-hybridized carbons (Fsp3) is 0.158. The normalized spacial score (nSPS) is 12.0. The van der Waals surface area contributed by atoms with Gasteiger partial charge in [0.25, 0.3) is 0 Å². The van der Waals surface area contributed by atoms with Crippen molar-refractivity contribution in [2.45, 2.75) is 12.5 Å². The summed E-state index contributed by atoms with van der Waals surface area (Å²) in [6.45, 7) is 0. The Kier molecular flexibility index (Phi) is 7.04. The molecule has 0 saturated carbocycles. The van der Waals surface area contributed by atoms with E-state index in [-0.39, 0.29) is 12.3 Å². The molecule has 6 heteroatoms. The lowest BCUT2D eigenvalue weighted by atomic mass is 10.0. The minimum atomic E-state index is -0.473. The van der Waals surface area contributed by atoms with Crippen molar-refractivity contribution in [3.63, 3.8) is 0 Å². The summed E-state index contributed by atoms with van der Waals surface area (Å²) < 4.78 is 4.70. The second-order valence-corrected chi connectivity index (χ2v) is 6.07. The molecule has 2 rings (SSSR count). The van der Waals surface area contributed by atoms with E-state index in [0.29, 0.717) is 10.0 Å². The zero-order chi connectivity index (χ0) is 18.2. The van der Waals surface area contributed by atoms with Gasteiger partial charge in [0.15, 0.2) is 0 Å². The van der Waals surface area contributed by atoms with E-state index < -0.39 is 12.0 Å². The standard InChI is InChI=1S/C19H17Cl2NO3/c1-25-19(24)12-17(14-5-3-2-4-6-14)22-18(23)10-8-13-7-9-15(20)16(21)11-13/h2-11,17H,12H2,1H3,(H,22,23)/b10-8+/t17-/m1/s1. The Bertz CT molecular complexity index is 775. The molecule has 0 aromatic heterocycles. The highest BCUT2D eigenvalue weighted by atomic mass is 35.5. The largest absolute Gasteiger partial charge is 0.469 e. The number of carbonyl (C=O) groups is 2. The molecular formula is C19H17Cl2NO3. The average Bonchev–Trinajstić information content (AvgIpc) is 2.62. The van der Waals surface area contributed by atoms with Crippen molar-refractivity contribution in [3.8, 4) is 0 Å². The Morgan fingerprint density at radius 3 is 2.48 bits per heavy atom. The number of ether oxygens (including phenoxy) is 1. The fourth-order valence-electron chi connectivity index (χ4n) is 2.20. The third-order valence-electron chi connectivity index (χ3n) is 3.49. The number of benzene rings is 2. The topological polar surface area (TPSA) is 55.4 Å². The summed E-state index contributed by atoms with van der Waals surface area (Å²) in [5.74, 6) is -0.730. The van der Waals surface area contributed by atoms with Crippen LogP contribution in [0.2, 0.25) is 10.0 Å². The predicted molar refractivity (Wildman–Crippen MR) is 99.5 cm³/mol. The third kappa shape index (κ3) is 5.93. The quantitative estimate of drug-likeness (QED) is 0.598. The van der Waals surface area contributed by atoms with Crippen molar-refractivity contribution in [2.75, 3.05) is 7.11 Å². The minimum absolute atomic E-state index is 0.0485. The fourth-order valence-corrected chi connectivity index (χ4v) is 2.50. The van der Waals surface area contributed by atoms with Crippen LogP contribution in [0.4, 0.5) is 0 Å². The highest BCUT2D eigenvalue weighted by Gasteiger charge is 2.17. The van der Waals surface area contributed by atoms with Crippen LogP contribution in [0, 0.1) is 0 Å². The first-order chi connectivity index (χ1) is 12.0. The molecule has 4 nitrogen and oxygen atoms in total. The molecule has 0 spiro atoms. The van der Waals surface area contributed by atoms with Gasteiger partial charge in [-0.25, -0.2) is 0 Å². The molecule has 0 unspecified atom stereocenters.